The van der Waals surface area contributed by atoms with E-state index in [4.69, 9.17) is 14.2 Å². The van der Waals surface area contributed by atoms with Crippen molar-refractivity contribution in [2.24, 2.45) is 0 Å². The Bertz CT molecular complexity index is 855. The third-order valence-electron chi connectivity index (χ3n) is 4.51. The summed E-state index contributed by atoms with van der Waals surface area (Å²) in [5.74, 6) is 2.12. The first kappa shape index (κ1) is 17.2. The van der Waals surface area contributed by atoms with Gasteiger partial charge in [0.25, 0.3) is 0 Å². The number of benzene rings is 3. The summed E-state index contributed by atoms with van der Waals surface area (Å²) in [6, 6.07) is 19.2. The molecule has 0 aliphatic heterocycles. The van der Waals surface area contributed by atoms with Gasteiger partial charge in [-0.2, -0.15) is 0 Å². The summed E-state index contributed by atoms with van der Waals surface area (Å²) >= 11 is 0. The zero-order chi connectivity index (χ0) is 17.6. The van der Waals surface area contributed by atoms with Gasteiger partial charge in [0.2, 0.25) is 5.75 Å². The summed E-state index contributed by atoms with van der Waals surface area (Å²) < 4.78 is 16.4. The Morgan fingerprint density at radius 2 is 1.44 bits per heavy atom. The molecule has 3 aromatic rings. The van der Waals surface area contributed by atoms with Crippen LogP contribution in [0.1, 0.15) is 17.5 Å². The molecule has 0 saturated carbocycles. The van der Waals surface area contributed by atoms with E-state index in [1.807, 2.05) is 6.07 Å². The first-order chi connectivity index (χ1) is 12.3. The van der Waals surface area contributed by atoms with E-state index in [0.717, 1.165) is 30.6 Å². The Balaban J connectivity index is 1.72. The second-order valence-electron chi connectivity index (χ2n) is 6.03. The minimum Gasteiger partial charge on any atom is -0.493 e. The molecule has 130 valence electrons. The standard InChI is InChI=1S/C22H24O3/c1-23-20-14-13-18(21(24-2)22(20)25-3)10-6-7-16-11-12-17-8-4-5-9-19(17)15-16/h4-5,8-9,11-15H,6-7,10H2,1-3H3. The summed E-state index contributed by atoms with van der Waals surface area (Å²) in [6.45, 7) is 0. The average Bonchev–Trinajstić information content (AvgIpc) is 2.67. The maximum atomic E-state index is 5.57. The largest absolute Gasteiger partial charge is 0.493 e. The van der Waals surface area contributed by atoms with Gasteiger partial charge in [-0.05, 0) is 47.2 Å². The first-order valence-corrected chi connectivity index (χ1v) is 8.52. The highest BCUT2D eigenvalue weighted by molar-refractivity contribution is 5.82. The molecule has 0 aliphatic rings. The second kappa shape index (κ2) is 7.93. The van der Waals surface area contributed by atoms with E-state index < -0.39 is 0 Å². The van der Waals surface area contributed by atoms with Crippen molar-refractivity contribution in [3.05, 3.63) is 65.7 Å². The Labute approximate surface area is 149 Å². The SMILES string of the molecule is COc1ccc(CCCc2ccc3ccccc3c2)c(OC)c1OC. The molecule has 0 aromatic heterocycles. The Morgan fingerprint density at radius 1 is 0.680 bits per heavy atom. The molecular formula is C22H24O3. The molecule has 0 amide bonds. The highest BCUT2D eigenvalue weighted by Gasteiger charge is 2.15. The number of hydrogen-bond donors (Lipinski definition) is 0. The van der Waals surface area contributed by atoms with Crippen molar-refractivity contribution in [2.75, 3.05) is 21.3 Å². The molecule has 0 aliphatic carbocycles. The molecule has 3 nitrogen and oxygen atoms in total. The van der Waals surface area contributed by atoms with Crippen LogP contribution in [0.3, 0.4) is 0 Å². The van der Waals surface area contributed by atoms with Crippen molar-refractivity contribution in [1.29, 1.82) is 0 Å². The Kier molecular flexibility index (Phi) is 5.44. The second-order valence-corrected chi connectivity index (χ2v) is 6.03. The smallest absolute Gasteiger partial charge is 0.203 e. The van der Waals surface area contributed by atoms with Gasteiger partial charge in [0.05, 0.1) is 21.3 Å². The van der Waals surface area contributed by atoms with Gasteiger partial charge >= 0.3 is 0 Å². The summed E-state index contributed by atoms with van der Waals surface area (Å²) in [7, 11) is 4.94. The van der Waals surface area contributed by atoms with Crippen LogP contribution in [-0.2, 0) is 12.8 Å². The van der Waals surface area contributed by atoms with Crippen LogP contribution in [-0.4, -0.2) is 21.3 Å². The monoisotopic (exact) mass is 336 g/mol. The first-order valence-electron chi connectivity index (χ1n) is 8.52. The molecule has 0 bridgehead atoms. The maximum absolute atomic E-state index is 5.57. The van der Waals surface area contributed by atoms with E-state index in [-0.39, 0.29) is 0 Å². The van der Waals surface area contributed by atoms with Crippen LogP contribution in [0.5, 0.6) is 17.2 Å². The fourth-order valence-electron chi connectivity index (χ4n) is 3.24. The predicted molar refractivity (Wildman–Crippen MR) is 102 cm³/mol. The fraction of sp³-hybridized carbons (Fsp3) is 0.273. The van der Waals surface area contributed by atoms with E-state index in [9.17, 15) is 0 Å². The zero-order valence-corrected chi connectivity index (χ0v) is 15.0. The molecule has 3 heteroatoms. The van der Waals surface area contributed by atoms with E-state index in [1.54, 1.807) is 21.3 Å². The van der Waals surface area contributed by atoms with Crippen molar-refractivity contribution in [1.82, 2.24) is 0 Å². The third-order valence-corrected chi connectivity index (χ3v) is 4.51. The van der Waals surface area contributed by atoms with Crippen molar-refractivity contribution < 1.29 is 14.2 Å². The predicted octanol–water partition coefficient (Wildman–Crippen LogP) is 5.04. The van der Waals surface area contributed by atoms with Crippen molar-refractivity contribution in [2.45, 2.75) is 19.3 Å². The summed E-state index contributed by atoms with van der Waals surface area (Å²) in [5.41, 5.74) is 2.50. The van der Waals surface area contributed by atoms with Gasteiger partial charge in [-0.15, -0.1) is 0 Å². The molecule has 3 rings (SSSR count). The Hall–Kier alpha value is -2.68. The summed E-state index contributed by atoms with van der Waals surface area (Å²) in [6.07, 6.45) is 3.00. The Morgan fingerprint density at radius 3 is 2.16 bits per heavy atom. The topological polar surface area (TPSA) is 27.7 Å². The van der Waals surface area contributed by atoms with Crippen LogP contribution in [0, 0.1) is 0 Å². The molecule has 0 radical (unpaired) electrons. The molecule has 0 atom stereocenters. The molecular weight excluding hydrogens is 312 g/mol. The number of ether oxygens (including phenoxy) is 3. The van der Waals surface area contributed by atoms with E-state index >= 15 is 0 Å². The van der Waals surface area contributed by atoms with Crippen LogP contribution in [0.4, 0.5) is 0 Å². The third kappa shape index (κ3) is 3.71. The molecule has 3 aromatic carbocycles. The summed E-state index contributed by atoms with van der Waals surface area (Å²) in [4.78, 5) is 0. The van der Waals surface area contributed by atoms with Gasteiger partial charge in [-0.25, -0.2) is 0 Å². The van der Waals surface area contributed by atoms with Crippen LogP contribution in [0.15, 0.2) is 54.6 Å². The molecule has 0 fully saturated rings. The van der Waals surface area contributed by atoms with Crippen LogP contribution >= 0.6 is 0 Å². The van der Waals surface area contributed by atoms with Crippen molar-refractivity contribution >= 4 is 10.8 Å². The number of methoxy groups -OCH3 is 3. The lowest BCUT2D eigenvalue weighted by Gasteiger charge is -2.15. The van der Waals surface area contributed by atoms with Gasteiger partial charge in [-0.1, -0.05) is 48.5 Å². The minimum absolute atomic E-state index is 0.660. The summed E-state index contributed by atoms with van der Waals surface area (Å²) in [5, 5.41) is 2.58. The van der Waals surface area contributed by atoms with Gasteiger partial charge in [-0.3, -0.25) is 0 Å². The van der Waals surface area contributed by atoms with E-state index in [1.165, 1.54) is 16.3 Å². The molecule has 0 heterocycles. The normalized spacial score (nSPS) is 10.7. The molecule has 25 heavy (non-hydrogen) atoms. The zero-order valence-electron chi connectivity index (χ0n) is 15.0. The minimum atomic E-state index is 0.660. The highest BCUT2D eigenvalue weighted by Crippen LogP contribution is 2.40. The van der Waals surface area contributed by atoms with E-state index in [0.29, 0.717) is 11.5 Å². The molecule has 0 unspecified atom stereocenters. The van der Waals surface area contributed by atoms with Crippen molar-refractivity contribution in [3.8, 4) is 17.2 Å². The van der Waals surface area contributed by atoms with E-state index in [2.05, 4.69) is 48.5 Å². The van der Waals surface area contributed by atoms with Crippen LogP contribution < -0.4 is 14.2 Å². The van der Waals surface area contributed by atoms with Gasteiger partial charge in [0, 0.05) is 0 Å². The quantitative estimate of drug-likeness (QED) is 0.605. The van der Waals surface area contributed by atoms with Gasteiger partial charge in [0.1, 0.15) is 0 Å². The number of aryl methyl sites for hydroxylation is 2. The van der Waals surface area contributed by atoms with Crippen LogP contribution in [0.25, 0.3) is 10.8 Å². The number of hydrogen-bond acceptors (Lipinski definition) is 3. The lowest BCUT2D eigenvalue weighted by Crippen LogP contribution is -1.99. The average molecular weight is 336 g/mol. The van der Waals surface area contributed by atoms with Gasteiger partial charge < -0.3 is 14.2 Å². The highest BCUT2D eigenvalue weighted by atomic mass is 16.5. The number of rotatable bonds is 7. The lowest BCUT2D eigenvalue weighted by atomic mass is 10.0. The van der Waals surface area contributed by atoms with Crippen molar-refractivity contribution in [3.63, 3.8) is 0 Å². The maximum Gasteiger partial charge on any atom is 0.203 e. The number of fused-ring (bicyclic) bond motifs is 1. The molecule has 0 spiro atoms. The fourth-order valence-corrected chi connectivity index (χ4v) is 3.24. The lowest BCUT2D eigenvalue weighted by molar-refractivity contribution is 0.322. The molecule has 0 saturated heterocycles. The van der Waals surface area contributed by atoms with Crippen LogP contribution in [0.2, 0.25) is 0 Å². The van der Waals surface area contributed by atoms with Gasteiger partial charge in [0.15, 0.2) is 11.5 Å². The molecule has 0 N–H and O–H groups in total.